The van der Waals surface area contributed by atoms with Crippen LogP contribution in [0, 0.1) is 0 Å². The Morgan fingerprint density at radius 3 is 2.73 bits per heavy atom. The predicted molar refractivity (Wildman–Crippen MR) is 130 cm³/mol. The number of benzene rings is 1. The van der Waals surface area contributed by atoms with Crippen LogP contribution in [-0.4, -0.2) is 44.7 Å². The van der Waals surface area contributed by atoms with Crippen LogP contribution in [0.3, 0.4) is 0 Å². The zero-order valence-electron chi connectivity index (χ0n) is 19.1. The van der Waals surface area contributed by atoms with Gasteiger partial charge in [-0.1, -0.05) is 37.6 Å². The first kappa shape index (κ1) is 22.9. The van der Waals surface area contributed by atoms with Gasteiger partial charge in [-0.05, 0) is 44.2 Å². The second-order valence-electron chi connectivity index (χ2n) is 8.56. The van der Waals surface area contributed by atoms with E-state index in [1.54, 1.807) is 6.20 Å². The minimum Gasteiger partial charge on any atom is -0.393 e. The van der Waals surface area contributed by atoms with Crippen LogP contribution in [-0.2, 0) is 6.54 Å². The molecule has 4 N–H and O–H groups in total. The van der Waals surface area contributed by atoms with Gasteiger partial charge in [0.05, 0.1) is 23.9 Å². The van der Waals surface area contributed by atoms with Crippen LogP contribution >= 0.6 is 0 Å². The second-order valence-corrected chi connectivity index (χ2v) is 8.56. The summed E-state index contributed by atoms with van der Waals surface area (Å²) < 4.78 is 0. The minimum absolute atomic E-state index is 0.167. The van der Waals surface area contributed by atoms with Crippen LogP contribution in [0.25, 0.3) is 10.9 Å². The summed E-state index contributed by atoms with van der Waals surface area (Å²) in [4.78, 5) is 26.6. The number of hydrogen-bond acceptors (Lipinski definition) is 7. The maximum absolute atomic E-state index is 13.0. The molecule has 0 radical (unpaired) electrons. The first-order valence-electron chi connectivity index (χ1n) is 11.8. The van der Waals surface area contributed by atoms with E-state index in [0.717, 1.165) is 61.7 Å². The van der Waals surface area contributed by atoms with Gasteiger partial charge in [0, 0.05) is 24.2 Å². The Balaban J connectivity index is 1.47. The average molecular weight is 449 g/mol. The molecule has 8 heteroatoms. The third-order valence-electron chi connectivity index (χ3n) is 5.97. The summed E-state index contributed by atoms with van der Waals surface area (Å²) in [5.74, 6) is 0.785. The highest BCUT2D eigenvalue weighted by Crippen LogP contribution is 2.24. The number of carbonyl (C=O) groups is 1. The van der Waals surface area contributed by atoms with Crippen molar-refractivity contribution in [3.8, 4) is 0 Å². The number of pyridine rings is 1. The normalized spacial score (nSPS) is 18.1. The summed E-state index contributed by atoms with van der Waals surface area (Å²) in [7, 11) is 0. The number of carbonyl (C=O) groups excluding carboxylic acids is 1. The molecule has 8 nitrogen and oxygen atoms in total. The minimum atomic E-state index is -0.247. The maximum Gasteiger partial charge on any atom is 0.256 e. The fraction of sp³-hybridized carbons (Fsp3) is 0.440. The number of para-hydroxylation sites is 1. The molecule has 0 spiro atoms. The van der Waals surface area contributed by atoms with E-state index in [1.165, 1.54) is 0 Å². The standard InChI is InChI=1S/C25H32N6O2/c1-2-3-14-26-25-28-16-21(23(31-25)30-18-10-12-20(32)13-11-18)24(33)27-15-19-9-8-17-6-4-5-7-22(17)29-19/h4-9,16,18,20,32H,2-3,10-15H2,1H3,(H,27,33)(H2,26,28,30,31). The number of amides is 1. The molecule has 1 amide bonds. The number of aromatic nitrogens is 3. The average Bonchev–Trinajstić information content (AvgIpc) is 2.84. The number of nitrogens with zero attached hydrogens (tertiary/aromatic N) is 3. The second kappa shape index (κ2) is 11.0. The van der Waals surface area contributed by atoms with Crippen LogP contribution in [0.15, 0.2) is 42.6 Å². The molecule has 33 heavy (non-hydrogen) atoms. The van der Waals surface area contributed by atoms with Gasteiger partial charge >= 0.3 is 0 Å². The molecule has 0 aliphatic heterocycles. The van der Waals surface area contributed by atoms with Gasteiger partial charge in [0.25, 0.3) is 5.91 Å². The molecule has 1 aliphatic carbocycles. The quantitative estimate of drug-likeness (QED) is 0.368. The predicted octanol–water partition coefficient (Wildman–Crippen LogP) is 3.88. The monoisotopic (exact) mass is 448 g/mol. The number of unbranched alkanes of at least 4 members (excludes halogenated alkanes) is 1. The van der Waals surface area contributed by atoms with E-state index in [0.29, 0.717) is 23.9 Å². The van der Waals surface area contributed by atoms with Crippen molar-refractivity contribution >= 4 is 28.6 Å². The van der Waals surface area contributed by atoms with E-state index in [2.05, 4.69) is 37.8 Å². The lowest BCUT2D eigenvalue weighted by molar-refractivity contribution is 0.0950. The Morgan fingerprint density at radius 1 is 1.09 bits per heavy atom. The molecule has 2 aromatic heterocycles. The smallest absolute Gasteiger partial charge is 0.256 e. The Kier molecular flexibility index (Phi) is 7.67. The molecule has 174 valence electrons. The number of aliphatic hydroxyl groups excluding tert-OH is 1. The topological polar surface area (TPSA) is 112 Å². The van der Waals surface area contributed by atoms with Crippen molar-refractivity contribution in [3.63, 3.8) is 0 Å². The Morgan fingerprint density at radius 2 is 1.91 bits per heavy atom. The summed E-state index contributed by atoms with van der Waals surface area (Å²) in [6, 6.07) is 12.0. The molecule has 3 aromatic rings. The van der Waals surface area contributed by atoms with Gasteiger partial charge in [-0.3, -0.25) is 9.78 Å². The van der Waals surface area contributed by atoms with Crippen LogP contribution < -0.4 is 16.0 Å². The molecule has 4 rings (SSSR count). The Hall–Kier alpha value is -3.26. The number of anilines is 2. The fourth-order valence-corrected chi connectivity index (χ4v) is 4.01. The van der Waals surface area contributed by atoms with Crippen molar-refractivity contribution in [3.05, 3.63) is 53.9 Å². The molecule has 0 bridgehead atoms. The van der Waals surface area contributed by atoms with Gasteiger partial charge < -0.3 is 21.1 Å². The lowest BCUT2D eigenvalue weighted by Gasteiger charge is -2.27. The number of hydrogen-bond donors (Lipinski definition) is 4. The van der Waals surface area contributed by atoms with Gasteiger partial charge in [-0.2, -0.15) is 4.98 Å². The first-order valence-corrected chi connectivity index (χ1v) is 11.8. The van der Waals surface area contributed by atoms with Crippen molar-refractivity contribution in [1.29, 1.82) is 0 Å². The van der Waals surface area contributed by atoms with Crippen LogP contribution in [0.2, 0.25) is 0 Å². The van der Waals surface area contributed by atoms with Gasteiger partial charge in [-0.25, -0.2) is 4.98 Å². The number of aliphatic hydroxyl groups is 1. The molecule has 1 aromatic carbocycles. The molecular formula is C25H32N6O2. The highest BCUT2D eigenvalue weighted by molar-refractivity contribution is 5.98. The summed E-state index contributed by atoms with van der Waals surface area (Å²) in [5, 5.41) is 20.5. The van der Waals surface area contributed by atoms with Gasteiger partial charge in [0.1, 0.15) is 11.4 Å². The summed E-state index contributed by atoms with van der Waals surface area (Å²) in [6.45, 7) is 3.23. The highest BCUT2D eigenvalue weighted by atomic mass is 16.3. The van der Waals surface area contributed by atoms with E-state index >= 15 is 0 Å². The van der Waals surface area contributed by atoms with Crippen molar-refractivity contribution < 1.29 is 9.90 Å². The Bertz CT molecular complexity index is 1080. The molecule has 0 atom stereocenters. The third kappa shape index (κ3) is 6.16. The highest BCUT2D eigenvalue weighted by Gasteiger charge is 2.22. The lowest BCUT2D eigenvalue weighted by atomic mass is 9.93. The number of fused-ring (bicyclic) bond motifs is 1. The summed E-state index contributed by atoms with van der Waals surface area (Å²) >= 11 is 0. The van der Waals surface area contributed by atoms with Crippen LogP contribution in [0.5, 0.6) is 0 Å². The maximum atomic E-state index is 13.0. The molecule has 2 heterocycles. The molecule has 1 saturated carbocycles. The lowest BCUT2D eigenvalue weighted by Crippen LogP contribution is -2.31. The number of rotatable bonds is 9. The van der Waals surface area contributed by atoms with Crippen LogP contribution in [0.4, 0.5) is 11.8 Å². The zero-order chi connectivity index (χ0) is 23.0. The first-order chi connectivity index (χ1) is 16.1. The van der Waals surface area contributed by atoms with E-state index < -0.39 is 0 Å². The van der Waals surface area contributed by atoms with Crippen LogP contribution in [0.1, 0.15) is 61.5 Å². The molecule has 1 aliphatic rings. The van der Waals surface area contributed by atoms with E-state index in [9.17, 15) is 9.90 Å². The number of nitrogens with one attached hydrogen (secondary N) is 3. The molecule has 0 unspecified atom stereocenters. The van der Waals surface area contributed by atoms with Gasteiger partial charge in [0.2, 0.25) is 5.95 Å². The van der Waals surface area contributed by atoms with Gasteiger partial charge in [0.15, 0.2) is 0 Å². The summed E-state index contributed by atoms with van der Waals surface area (Å²) in [6.07, 6.45) is 6.61. The summed E-state index contributed by atoms with van der Waals surface area (Å²) in [5.41, 5.74) is 2.09. The van der Waals surface area contributed by atoms with E-state index in [4.69, 9.17) is 0 Å². The zero-order valence-corrected chi connectivity index (χ0v) is 19.1. The Labute approximate surface area is 194 Å². The SMILES string of the molecule is CCCCNc1ncc(C(=O)NCc2ccc3ccccc3n2)c(NC2CCC(O)CC2)n1. The molecular weight excluding hydrogens is 416 g/mol. The third-order valence-corrected chi connectivity index (χ3v) is 5.97. The van der Waals surface area contributed by atoms with Gasteiger partial charge in [-0.15, -0.1) is 0 Å². The van der Waals surface area contributed by atoms with E-state index in [-0.39, 0.29) is 18.1 Å². The van der Waals surface area contributed by atoms with Crippen molar-refractivity contribution in [2.75, 3.05) is 17.2 Å². The molecule has 1 fully saturated rings. The van der Waals surface area contributed by atoms with E-state index in [1.807, 2.05) is 36.4 Å². The molecule has 0 saturated heterocycles. The van der Waals surface area contributed by atoms with Crippen molar-refractivity contribution in [1.82, 2.24) is 20.3 Å². The largest absolute Gasteiger partial charge is 0.393 e. The van der Waals surface area contributed by atoms with Crippen molar-refractivity contribution in [2.24, 2.45) is 0 Å². The van der Waals surface area contributed by atoms with Crippen molar-refractivity contribution in [2.45, 2.75) is 64.1 Å². The fourth-order valence-electron chi connectivity index (χ4n) is 4.01.